The van der Waals surface area contributed by atoms with Crippen LogP contribution in [0.15, 0.2) is 67.0 Å². The van der Waals surface area contributed by atoms with E-state index in [4.69, 9.17) is 4.74 Å². The third-order valence-electron chi connectivity index (χ3n) is 3.07. The van der Waals surface area contributed by atoms with E-state index in [2.05, 4.69) is 10.4 Å². The molecular weight excluding hydrogens is 278 g/mol. The summed E-state index contributed by atoms with van der Waals surface area (Å²) in [7, 11) is 1.77. The number of anilines is 1. The number of hydrogen-bond donors (Lipinski definition) is 1. The lowest BCUT2D eigenvalue weighted by molar-refractivity contribution is 0.102. The Kier molecular flexibility index (Phi) is 3.87. The molecule has 5 nitrogen and oxygen atoms in total. The number of carbonyl (C=O) groups is 1. The molecule has 0 saturated carbocycles. The van der Waals surface area contributed by atoms with Gasteiger partial charge in [0.25, 0.3) is 5.91 Å². The molecule has 1 amide bonds. The van der Waals surface area contributed by atoms with Crippen molar-refractivity contribution in [1.82, 2.24) is 9.78 Å². The monoisotopic (exact) mass is 293 g/mol. The van der Waals surface area contributed by atoms with Crippen LogP contribution < -0.4 is 10.1 Å². The molecule has 0 radical (unpaired) electrons. The van der Waals surface area contributed by atoms with Crippen molar-refractivity contribution in [2.75, 3.05) is 5.32 Å². The zero-order valence-electron chi connectivity index (χ0n) is 12.1. The maximum Gasteiger partial charge on any atom is 0.258 e. The number of hydrogen-bond acceptors (Lipinski definition) is 3. The van der Waals surface area contributed by atoms with E-state index in [1.165, 1.54) is 6.20 Å². The first-order valence-corrected chi connectivity index (χ1v) is 6.84. The van der Waals surface area contributed by atoms with E-state index in [0.717, 1.165) is 0 Å². The smallest absolute Gasteiger partial charge is 0.258 e. The quantitative estimate of drug-likeness (QED) is 0.801. The van der Waals surface area contributed by atoms with E-state index in [1.54, 1.807) is 24.0 Å². The molecule has 3 rings (SSSR count). The highest BCUT2D eigenvalue weighted by atomic mass is 16.5. The molecule has 1 heterocycles. The minimum Gasteiger partial charge on any atom is -0.455 e. The van der Waals surface area contributed by atoms with Crippen molar-refractivity contribution in [3.8, 4) is 11.5 Å². The lowest BCUT2D eigenvalue weighted by Gasteiger charge is -2.11. The Balaban J connectivity index is 1.81. The second-order valence-electron chi connectivity index (χ2n) is 4.77. The molecule has 0 fully saturated rings. The average Bonchev–Trinajstić information content (AvgIpc) is 2.97. The fraction of sp³-hybridized carbons (Fsp3) is 0.0588. The SMILES string of the molecule is Cn1cc(C(=O)Nc2ccccc2Oc2ccccc2)cn1. The highest BCUT2D eigenvalue weighted by Crippen LogP contribution is 2.29. The van der Waals surface area contributed by atoms with Crippen LogP contribution in [-0.4, -0.2) is 15.7 Å². The molecule has 0 unspecified atom stereocenters. The highest BCUT2D eigenvalue weighted by Gasteiger charge is 2.11. The number of nitrogens with one attached hydrogen (secondary N) is 1. The summed E-state index contributed by atoms with van der Waals surface area (Å²) in [5.41, 5.74) is 1.11. The Hall–Kier alpha value is -3.08. The third-order valence-corrected chi connectivity index (χ3v) is 3.07. The standard InChI is InChI=1S/C17H15N3O2/c1-20-12-13(11-18-20)17(21)19-15-9-5-6-10-16(15)22-14-7-3-2-4-8-14/h2-12H,1H3,(H,19,21). The highest BCUT2D eigenvalue weighted by molar-refractivity contribution is 6.04. The van der Waals surface area contributed by atoms with Gasteiger partial charge in [-0.25, -0.2) is 0 Å². The summed E-state index contributed by atoms with van der Waals surface area (Å²) >= 11 is 0. The summed E-state index contributed by atoms with van der Waals surface area (Å²) in [6.07, 6.45) is 3.19. The molecule has 22 heavy (non-hydrogen) atoms. The fourth-order valence-corrected chi connectivity index (χ4v) is 2.01. The number of ether oxygens (including phenoxy) is 1. The van der Waals surface area contributed by atoms with Gasteiger partial charge in [0, 0.05) is 13.2 Å². The maximum absolute atomic E-state index is 12.2. The van der Waals surface area contributed by atoms with Crippen molar-refractivity contribution in [2.45, 2.75) is 0 Å². The molecule has 0 saturated heterocycles. The molecule has 1 N–H and O–H groups in total. The van der Waals surface area contributed by atoms with Gasteiger partial charge < -0.3 is 10.1 Å². The summed E-state index contributed by atoms with van der Waals surface area (Å²) < 4.78 is 7.40. The van der Waals surface area contributed by atoms with Gasteiger partial charge >= 0.3 is 0 Å². The minimum absolute atomic E-state index is 0.225. The Labute approximate surface area is 128 Å². The number of para-hydroxylation sites is 3. The van der Waals surface area contributed by atoms with Crippen LogP contribution in [0, 0.1) is 0 Å². The predicted molar refractivity (Wildman–Crippen MR) is 84.1 cm³/mol. The molecule has 3 aromatic rings. The lowest BCUT2D eigenvalue weighted by atomic mass is 10.2. The summed E-state index contributed by atoms with van der Waals surface area (Å²) in [6, 6.07) is 16.7. The molecule has 5 heteroatoms. The number of nitrogens with zero attached hydrogens (tertiary/aromatic N) is 2. The normalized spacial score (nSPS) is 10.2. The molecule has 1 aromatic heterocycles. The van der Waals surface area contributed by atoms with Crippen LogP contribution in [0.2, 0.25) is 0 Å². The van der Waals surface area contributed by atoms with Crippen LogP contribution in [0.3, 0.4) is 0 Å². The molecule has 0 atom stereocenters. The van der Waals surface area contributed by atoms with Gasteiger partial charge in [0.1, 0.15) is 5.75 Å². The maximum atomic E-state index is 12.2. The lowest BCUT2D eigenvalue weighted by Crippen LogP contribution is -2.11. The van der Waals surface area contributed by atoms with Gasteiger partial charge in [-0.05, 0) is 24.3 Å². The van der Waals surface area contributed by atoms with E-state index >= 15 is 0 Å². The van der Waals surface area contributed by atoms with E-state index in [1.807, 2.05) is 48.5 Å². The van der Waals surface area contributed by atoms with Crippen LogP contribution in [0.1, 0.15) is 10.4 Å². The van der Waals surface area contributed by atoms with E-state index in [0.29, 0.717) is 22.7 Å². The topological polar surface area (TPSA) is 56.2 Å². The van der Waals surface area contributed by atoms with Crippen LogP contribution in [0.4, 0.5) is 5.69 Å². The van der Waals surface area contributed by atoms with Gasteiger partial charge in [-0.3, -0.25) is 9.48 Å². The minimum atomic E-state index is -0.225. The van der Waals surface area contributed by atoms with E-state index in [9.17, 15) is 4.79 Å². The second-order valence-corrected chi connectivity index (χ2v) is 4.77. The van der Waals surface area contributed by atoms with Gasteiger partial charge in [-0.1, -0.05) is 30.3 Å². The summed E-state index contributed by atoms with van der Waals surface area (Å²) in [5, 5.41) is 6.84. The van der Waals surface area contributed by atoms with Crippen LogP contribution >= 0.6 is 0 Å². The summed E-state index contributed by atoms with van der Waals surface area (Å²) in [4.78, 5) is 12.2. The van der Waals surface area contributed by atoms with Crippen molar-refractivity contribution in [1.29, 1.82) is 0 Å². The first kappa shape index (κ1) is 13.9. The molecule has 110 valence electrons. The largest absolute Gasteiger partial charge is 0.455 e. The van der Waals surface area contributed by atoms with Crippen LogP contribution in [0.25, 0.3) is 0 Å². The Morgan fingerprint density at radius 1 is 1.09 bits per heavy atom. The van der Waals surface area contributed by atoms with Gasteiger partial charge in [0.05, 0.1) is 17.4 Å². The zero-order chi connectivity index (χ0) is 15.4. The molecule has 0 aliphatic rings. The zero-order valence-corrected chi connectivity index (χ0v) is 12.1. The number of amides is 1. The van der Waals surface area contributed by atoms with Crippen molar-refractivity contribution in [2.24, 2.45) is 7.05 Å². The summed E-state index contributed by atoms with van der Waals surface area (Å²) in [5.74, 6) is 1.08. The molecular formula is C17H15N3O2. The van der Waals surface area contributed by atoms with Gasteiger partial charge in [-0.15, -0.1) is 0 Å². The van der Waals surface area contributed by atoms with Crippen LogP contribution in [0.5, 0.6) is 11.5 Å². The Bertz CT molecular complexity index is 781. The summed E-state index contributed by atoms with van der Waals surface area (Å²) in [6.45, 7) is 0. The van der Waals surface area contributed by atoms with Crippen molar-refractivity contribution in [3.63, 3.8) is 0 Å². The number of aromatic nitrogens is 2. The number of carbonyl (C=O) groups excluding carboxylic acids is 1. The van der Waals surface area contributed by atoms with Crippen molar-refractivity contribution >= 4 is 11.6 Å². The number of benzene rings is 2. The van der Waals surface area contributed by atoms with Crippen molar-refractivity contribution < 1.29 is 9.53 Å². The number of aryl methyl sites for hydroxylation is 1. The second kappa shape index (κ2) is 6.13. The van der Waals surface area contributed by atoms with Gasteiger partial charge in [0.15, 0.2) is 5.75 Å². The molecule has 0 spiro atoms. The Morgan fingerprint density at radius 3 is 2.55 bits per heavy atom. The predicted octanol–water partition coefficient (Wildman–Crippen LogP) is 3.46. The van der Waals surface area contributed by atoms with E-state index < -0.39 is 0 Å². The first-order valence-electron chi connectivity index (χ1n) is 6.84. The van der Waals surface area contributed by atoms with Gasteiger partial charge in [-0.2, -0.15) is 5.10 Å². The molecule has 0 aliphatic heterocycles. The fourth-order valence-electron chi connectivity index (χ4n) is 2.01. The van der Waals surface area contributed by atoms with Crippen LogP contribution in [-0.2, 0) is 7.05 Å². The van der Waals surface area contributed by atoms with Gasteiger partial charge in [0.2, 0.25) is 0 Å². The Morgan fingerprint density at radius 2 is 1.82 bits per heavy atom. The molecule has 2 aromatic carbocycles. The third kappa shape index (κ3) is 3.15. The molecule has 0 bridgehead atoms. The number of rotatable bonds is 4. The van der Waals surface area contributed by atoms with E-state index in [-0.39, 0.29) is 5.91 Å². The molecule has 0 aliphatic carbocycles. The van der Waals surface area contributed by atoms with Crippen molar-refractivity contribution in [3.05, 3.63) is 72.6 Å². The first-order chi connectivity index (χ1) is 10.7. The average molecular weight is 293 g/mol.